The van der Waals surface area contributed by atoms with E-state index in [1.165, 1.54) is 12.8 Å². The molecule has 1 aromatic carbocycles. The molecule has 6 nitrogen and oxygen atoms in total. The molecule has 6 heteroatoms. The van der Waals surface area contributed by atoms with Crippen LogP contribution in [0.25, 0.3) is 11.0 Å². The standard InChI is InChI=1S/C18H21N5O/c1-21(11-12-22-10-4-9-19-22)17(24)13-23-16-6-3-2-5-15(16)20-18(23)14-7-8-14/h2-6,9-10,14H,7-8,11-13H2,1H3. The lowest BCUT2D eigenvalue weighted by atomic mass is 10.3. The van der Waals surface area contributed by atoms with Gasteiger partial charge in [-0.15, -0.1) is 0 Å². The molecule has 0 saturated heterocycles. The van der Waals surface area contributed by atoms with Crippen LogP contribution in [0.3, 0.4) is 0 Å². The second kappa shape index (κ2) is 6.11. The van der Waals surface area contributed by atoms with Gasteiger partial charge in [-0.2, -0.15) is 5.10 Å². The summed E-state index contributed by atoms with van der Waals surface area (Å²) in [6, 6.07) is 9.95. The lowest BCUT2D eigenvalue weighted by Gasteiger charge is -2.18. The number of nitrogens with zero attached hydrogens (tertiary/aromatic N) is 5. The highest BCUT2D eigenvalue weighted by atomic mass is 16.2. The second-order valence-corrected chi connectivity index (χ2v) is 6.40. The number of amides is 1. The van der Waals surface area contributed by atoms with E-state index in [2.05, 4.69) is 9.67 Å². The quantitative estimate of drug-likeness (QED) is 0.699. The zero-order chi connectivity index (χ0) is 16.5. The molecule has 0 spiro atoms. The van der Waals surface area contributed by atoms with Crippen LogP contribution >= 0.6 is 0 Å². The van der Waals surface area contributed by atoms with Crippen LogP contribution in [0.15, 0.2) is 42.7 Å². The van der Waals surface area contributed by atoms with Crippen molar-refractivity contribution in [1.29, 1.82) is 0 Å². The largest absolute Gasteiger partial charge is 0.342 e. The lowest BCUT2D eigenvalue weighted by Crippen LogP contribution is -2.33. The van der Waals surface area contributed by atoms with Crippen LogP contribution in [0, 0.1) is 0 Å². The van der Waals surface area contributed by atoms with Gasteiger partial charge in [-0.3, -0.25) is 9.48 Å². The van der Waals surface area contributed by atoms with Gasteiger partial charge in [0, 0.05) is 31.9 Å². The van der Waals surface area contributed by atoms with E-state index in [4.69, 9.17) is 4.98 Å². The topological polar surface area (TPSA) is 56.0 Å². The van der Waals surface area contributed by atoms with Crippen molar-refractivity contribution >= 4 is 16.9 Å². The maximum absolute atomic E-state index is 12.7. The molecule has 0 atom stereocenters. The van der Waals surface area contributed by atoms with E-state index in [0.717, 1.165) is 16.9 Å². The van der Waals surface area contributed by atoms with E-state index in [1.54, 1.807) is 11.1 Å². The summed E-state index contributed by atoms with van der Waals surface area (Å²) in [5, 5.41) is 4.17. The van der Waals surface area contributed by atoms with Gasteiger partial charge in [0.2, 0.25) is 5.91 Å². The van der Waals surface area contributed by atoms with Crippen molar-refractivity contribution in [2.75, 3.05) is 13.6 Å². The first kappa shape index (κ1) is 14.9. The van der Waals surface area contributed by atoms with Gasteiger partial charge in [0.15, 0.2) is 0 Å². The van der Waals surface area contributed by atoms with Crippen LogP contribution in [0.2, 0.25) is 0 Å². The molecular formula is C18H21N5O. The third-order valence-electron chi connectivity index (χ3n) is 4.57. The van der Waals surface area contributed by atoms with Gasteiger partial charge in [-0.05, 0) is 31.0 Å². The number of likely N-dealkylation sites (N-methyl/N-ethyl adjacent to an activating group) is 1. The molecule has 1 saturated carbocycles. The number of para-hydroxylation sites is 2. The summed E-state index contributed by atoms with van der Waals surface area (Å²) < 4.78 is 3.94. The molecule has 4 rings (SSSR count). The molecule has 0 bridgehead atoms. The Morgan fingerprint density at radius 2 is 2.12 bits per heavy atom. The second-order valence-electron chi connectivity index (χ2n) is 6.40. The van der Waals surface area contributed by atoms with E-state index in [0.29, 0.717) is 25.6 Å². The number of hydrogen-bond acceptors (Lipinski definition) is 3. The zero-order valence-electron chi connectivity index (χ0n) is 13.8. The summed E-state index contributed by atoms with van der Waals surface area (Å²) in [7, 11) is 1.85. The maximum atomic E-state index is 12.7. The normalized spacial score (nSPS) is 14.2. The molecule has 1 aliphatic carbocycles. The fourth-order valence-corrected chi connectivity index (χ4v) is 2.98. The molecule has 2 aromatic heterocycles. The van der Waals surface area contributed by atoms with Crippen molar-refractivity contribution in [2.45, 2.75) is 31.8 Å². The van der Waals surface area contributed by atoms with Crippen LogP contribution in [0.1, 0.15) is 24.6 Å². The molecule has 24 heavy (non-hydrogen) atoms. The van der Waals surface area contributed by atoms with Crippen LogP contribution < -0.4 is 0 Å². The Labute approximate surface area is 140 Å². The first-order chi connectivity index (χ1) is 11.7. The number of carbonyl (C=O) groups is 1. The van der Waals surface area contributed by atoms with Crippen molar-refractivity contribution in [3.63, 3.8) is 0 Å². The number of hydrogen-bond donors (Lipinski definition) is 0. The molecule has 0 radical (unpaired) electrons. The minimum absolute atomic E-state index is 0.104. The molecule has 1 fully saturated rings. The minimum Gasteiger partial charge on any atom is -0.342 e. The van der Waals surface area contributed by atoms with Gasteiger partial charge >= 0.3 is 0 Å². The van der Waals surface area contributed by atoms with E-state index in [9.17, 15) is 4.79 Å². The monoisotopic (exact) mass is 323 g/mol. The molecule has 0 unspecified atom stereocenters. The SMILES string of the molecule is CN(CCn1cccn1)C(=O)Cn1c(C2CC2)nc2ccccc21. The molecule has 124 valence electrons. The van der Waals surface area contributed by atoms with Gasteiger partial charge in [0.1, 0.15) is 12.4 Å². The predicted molar refractivity (Wildman–Crippen MR) is 91.6 cm³/mol. The van der Waals surface area contributed by atoms with Crippen LogP contribution in [0.5, 0.6) is 0 Å². The van der Waals surface area contributed by atoms with Crippen molar-refractivity contribution in [2.24, 2.45) is 0 Å². The third kappa shape index (κ3) is 2.91. The average Bonchev–Trinajstić information content (AvgIpc) is 3.18. The number of aromatic nitrogens is 4. The van der Waals surface area contributed by atoms with Crippen LogP contribution in [-0.2, 0) is 17.9 Å². The van der Waals surface area contributed by atoms with Crippen LogP contribution in [0.4, 0.5) is 0 Å². The molecule has 1 amide bonds. The highest BCUT2D eigenvalue weighted by Gasteiger charge is 2.30. The Hall–Kier alpha value is -2.63. The minimum atomic E-state index is 0.104. The van der Waals surface area contributed by atoms with E-state index in [-0.39, 0.29) is 5.91 Å². The fourth-order valence-electron chi connectivity index (χ4n) is 2.98. The molecule has 0 aliphatic heterocycles. The van der Waals surface area contributed by atoms with Crippen LogP contribution in [-0.4, -0.2) is 43.7 Å². The Morgan fingerprint density at radius 1 is 1.29 bits per heavy atom. The summed E-state index contributed by atoms with van der Waals surface area (Å²) in [6.07, 6.45) is 6.01. The average molecular weight is 323 g/mol. The molecule has 3 aromatic rings. The smallest absolute Gasteiger partial charge is 0.242 e. The number of imidazole rings is 1. The van der Waals surface area contributed by atoms with Gasteiger partial charge in [0.05, 0.1) is 17.6 Å². The van der Waals surface area contributed by atoms with E-state index < -0.39 is 0 Å². The maximum Gasteiger partial charge on any atom is 0.242 e. The first-order valence-electron chi connectivity index (χ1n) is 8.39. The number of benzene rings is 1. The van der Waals surface area contributed by atoms with Gasteiger partial charge < -0.3 is 9.47 Å². The Morgan fingerprint density at radius 3 is 2.88 bits per heavy atom. The predicted octanol–water partition coefficient (Wildman–Crippen LogP) is 2.27. The van der Waals surface area contributed by atoms with Crippen molar-refractivity contribution in [3.8, 4) is 0 Å². The highest BCUT2D eigenvalue weighted by molar-refractivity contribution is 5.81. The molecular weight excluding hydrogens is 302 g/mol. The van der Waals surface area contributed by atoms with E-state index >= 15 is 0 Å². The zero-order valence-corrected chi connectivity index (χ0v) is 13.8. The molecule has 2 heterocycles. The molecule has 0 N–H and O–H groups in total. The Kier molecular flexibility index (Phi) is 3.80. The number of rotatable bonds is 6. The summed E-state index contributed by atoms with van der Waals surface area (Å²) in [5.74, 6) is 1.68. The van der Waals surface area contributed by atoms with E-state index in [1.807, 2.05) is 48.3 Å². The number of fused-ring (bicyclic) bond motifs is 1. The summed E-state index contributed by atoms with van der Waals surface area (Å²) in [6.45, 7) is 1.70. The van der Waals surface area contributed by atoms with Crippen molar-refractivity contribution in [1.82, 2.24) is 24.2 Å². The highest BCUT2D eigenvalue weighted by Crippen LogP contribution is 2.40. The van der Waals surface area contributed by atoms with Crippen molar-refractivity contribution in [3.05, 3.63) is 48.5 Å². The van der Waals surface area contributed by atoms with Gasteiger partial charge in [-0.1, -0.05) is 12.1 Å². The Balaban J connectivity index is 1.50. The van der Waals surface area contributed by atoms with Gasteiger partial charge in [-0.25, -0.2) is 4.98 Å². The Bertz CT molecular complexity index is 848. The van der Waals surface area contributed by atoms with Gasteiger partial charge in [0.25, 0.3) is 0 Å². The summed E-state index contributed by atoms with van der Waals surface area (Å²) in [4.78, 5) is 19.2. The first-order valence-corrected chi connectivity index (χ1v) is 8.39. The third-order valence-corrected chi connectivity index (χ3v) is 4.57. The number of carbonyl (C=O) groups excluding carboxylic acids is 1. The fraction of sp³-hybridized carbons (Fsp3) is 0.389. The lowest BCUT2D eigenvalue weighted by molar-refractivity contribution is -0.130. The molecule has 1 aliphatic rings. The summed E-state index contributed by atoms with van der Waals surface area (Å²) >= 11 is 0. The van der Waals surface area contributed by atoms with Crippen molar-refractivity contribution < 1.29 is 4.79 Å². The summed E-state index contributed by atoms with van der Waals surface area (Å²) in [5.41, 5.74) is 2.03.